The Hall–Kier alpha value is -1.89. The third-order valence-electron chi connectivity index (χ3n) is 4.08. The lowest BCUT2D eigenvalue weighted by molar-refractivity contribution is -0.146. The molecule has 2 rings (SSSR count). The number of carboxylic acid groups (broad SMARTS) is 1. The summed E-state index contributed by atoms with van der Waals surface area (Å²) in [6.45, 7) is 4.67. The van der Waals surface area contributed by atoms with Crippen LogP contribution in [-0.2, 0) is 19.9 Å². The summed E-state index contributed by atoms with van der Waals surface area (Å²) in [5.41, 5.74) is -0.628. The smallest absolute Gasteiger partial charge is 0.331 e. The monoisotopic (exact) mass is 309 g/mol. The molecule has 1 aliphatic rings. The van der Waals surface area contributed by atoms with Crippen LogP contribution in [0.3, 0.4) is 0 Å². The van der Waals surface area contributed by atoms with E-state index in [1.807, 2.05) is 0 Å². The van der Waals surface area contributed by atoms with Gasteiger partial charge in [-0.1, -0.05) is 0 Å². The molecule has 7 nitrogen and oxygen atoms in total. The van der Waals surface area contributed by atoms with E-state index >= 15 is 0 Å². The van der Waals surface area contributed by atoms with Gasteiger partial charge in [0.25, 0.3) is 0 Å². The van der Waals surface area contributed by atoms with Gasteiger partial charge in [0.2, 0.25) is 5.91 Å². The topological polar surface area (TPSA) is 93.5 Å². The van der Waals surface area contributed by atoms with Gasteiger partial charge in [0.1, 0.15) is 0 Å². The summed E-state index contributed by atoms with van der Waals surface area (Å²) < 4.78 is 6.63. The second-order valence-corrected chi connectivity index (χ2v) is 6.18. The average molecular weight is 309 g/mol. The van der Waals surface area contributed by atoms with Crippen molar-refractivity contribution in [3.05, 3.63) is 12.4 Å². The molecule has 0 atom stereocenters. The van der Waals surface area contributed by atoms with E-state index in [9.17, 15) is 9.59 Å². The lowest BCUT2D eigenvalue weighted by atomic mass is 9.95. The highest BCUT2D eigenvalue weighted by molar-refractivity contribution is 5.90. The van der Waals surface area contributed by atoms with E-state index in [4.69, 9.17) is 9.84 Å². The Balaban J connectivity index is 1.84. The zero-order valence-corrected chi connectivity index (χ0v) is 13.0. The van der Waals surface area contributed by atoms with E-state index in [2.05, 4.69) is 10.4 Å². The van der Waals surface area contributed by atoms with Crippen molar-refractivity contribution in [2.45, 2.75) is 45.1 Å². The van der Waals surface area contributed by atoms with Gasteiger partial charge in [-0.2, -0.15) is 5.10 Å². The summed E-state index contributed by atoms with van der Waals surface area (Å²) in [5, 5.41) is 15.9. The fourth-order valence-corrected chi connectivity index (χ4v) is 2.38. The van der Waals surface area contributed by atoms with Crippen LogP contribution < -0.4 is 5.32 Å². The van der Waals surface area contributed by atoms with E-state index in [0.29, 0.717) is 18.0 Å². The predicted molar refractivity (Wildman–Crippen MR) is 80.6 cm³/mol. The van der Waals surface area contributed by atoms with E-state index < -0.39 is 11.5 Å². The van der Waals surface area contributed by atoms with Gasteiger partial charge in [-0.15, -0.1) is 0 Å². The molecule has 0 bridgehead atoms. The molecule has 1 saturated heterocycles. The van der Waals surface area contributed by atoms with Crippen molar-refractivity contribution in [1.29, 1.82) is 0 Å². The molecule has 122 valence electrons. The van der Waals surface area contributed by atoms with E-state index in [-0.39, 0.29) is 5.91 Å². The van der Waals surface area contributed by atoms with Gasteiger partial charge in [-0.3, -0.25) is 9.48 Å². The van der Waals surface area contributed by atoms with Gasteiger partial charge in [0.15, 0.2) is 5.54 Å². The zero-order chi connectivity index (χ0) is 16.2. The Kier molecular flexibility index (Phi) is 5.18. The Morgan fingerprint density at radius 3 is 2.77 bits per heavy atom. The van der Waals surface area contributed by atoms with Crippen molar-refractivity contribution in [3.63, 3.8) is 0 Å². The first kappa shape index (κ1) is 16.5. The number of rotatable bonds is 6. The molecule has 1 fully saturated rings. The molecule has 0 aromatic carbocycles. The molecule has 22 heavy (non-hydrogen) atoms. The first-order valence-electron chi connectivity index (χ1n) is 7.55. The molecule has 7 heteroatoms. The largest absolute Gasteiger partial charge is 0.479 e. The third-order valence-corrected chi connectivity index (χ3v) is 4.08. The van der Waals surface area contributed by atoms with Crippen molar-refractivity contribution in [3.8, 4) is 0 Å². The molecule has 0 aliphatic carbocycles. The summed E-state index contributed by atoms with van der Waals surface area (Å²) in [7, 11) is 0. The molecule has 0 unspecified atom stereocenters. The van der Waals surface area contributed by atoms with E-state index in [1.165, 1.54) is 10.9 Å². The highest BCUT2D eigenvalue weighted by Gasteiger charge is 2.30. The summed E-state index contributed by atoms with van der Waals surface area (Å²) in [4.78, 5) is 23.1. The number of carbonyl (C=O) groups is 2. The van der Waals surface area contributed by atoms with Crippen LogP contribution in [0.2, 0.25) is 0 Å². The fraction of sp³-hybridized carbons (Fsp3) is 0.667. The maximum Gasteiger partial charge on any atom is 0.331 e. The maximum absolute atomic E-state index is 12.0. The average Bonchev–Trinajstić information content (AvgIpc) is 2.95. The van der Waals surface area contributed by atoms with Gasteiger partial charge < -0.3 is 15.2 Å². The van der Waals surface area contributed by atoms with Gasteiger partial charge in [-0.05, 0) is 39.0 Å². The molecular weight excluding hydrogens is 286 g/mol. The number of aliphatic carboxylic acids is 1. The number of hydrogen-bond donors (Lipinski definition) is 2. The number of carboxylic acids is 1. The standard InChI is InChI=1S/C15H23N3O4/c1-15(2,14(20)21)18-10-12(9-16-18)17-13(19)4-3-11-5-7-22-8-6-11/h9-11H,3-8H2,1-2H3,(H,17,19)(H,20,21). The highest BCUT2D eigenvalue weighted by atomic mass is 16.5. The number of amides is 1. The summed E-state index contributed by atoms with van der Waals surface area (Å²) >= 11 is 0. The molecule has 2 heterocycles. The predicted octanol–water partition coefficient (Wildman–Crippen LogP) is 1.85. The molecule has 0 spiro atoms. The minimum Gasteiger partial charge on any atom is -0.479 e. The van der Waals surface area contributed by atoms with Gasteiger partial charge >= 0.3 is 5.97 Å². The maximum atomic E-state index is 12.0. The summed E-state index contributed by atoms with van der Waals surface area (Å²) in [6.07, 6.45) is 6.34. The Morgan fingerprint density at radius 1 is 1.45 bits per heavy atom. The molecular formula is C15H23N3O4. The first-order valence-corrected chi connectivity index (χ1v) is 7.55. The van der Waals surface area contributed by atoms with Crippen molar-refractivity contribution >= 4 is 17.6 Å². The van der Waals surface area contributed by atoms with Crippen LogP contribution in [0.25, 0.3) is 0 Å². The SMILES string of the molecule is CC(C)(C(=O)O)n1cc(NC(=O)CCC2CCOCC2)cn1. The van der Waals surface area contributed by atoms with Crippen molar-refractivity contribution in [2.24, 2.45) is 5.92 Å². The number of nitrogens with one attached hydrogen (secondary N) is 1. The first-order chi connectivity index (χ1) is 10.4. The van der Waals surface area contributed by atoms with Crippen molar-refractivity contribution in [2.75, 3.05) is 18.5 Å². The lowest BCUT2D eigenvalue weighted by Crippen LogP contribution is -2.35. The number of hydrogen-bond acceptors (Lipinski definition) is 4. The molecule has 0 saturated carbocycles. The summed E-state index contributed by atoms with van der Waals surface area (Å²) in [6, 6.07) is 0. The molecule has 0 radical (unpaired) electrons. The summed E-state index contributed by atoms with van der Waals surface area (Å²) in [5.74, 6) is -0.500. The number of nitrogens with zero attached hydrogens (tertiary/aromatic N) is 2. The minimum atomic E-state index is -1.15. The van der Waals surface area contributed by atoms with Crippen LogP contribution >= 0.6 is 0 Å². The number of ether oxygens (including phenoxy) is 1. The second kappa shape index (κ2) is 6.91. The normalized spacial score (nSPS) is 16.5. The van der Waals surface area contributed by atoms with E-state index in [0.717, 1.165) is 32.5 Å². The van der Waals surface area contributed by atoms with E-state index in [1.54, 1.807) is 20.0 Å². The van der Waals surface area contributed by atoms with Gasteiger partial charge in [0, 0.05) is 25.8 Å². The highest BCUT2D eigenvalue weighted by Crippen LogP contribution is 2.21. The Bertz CT molecular complexity index is 533. The number of anilines is 1. The Morgan fingerprint density at radius 2 is 2.14 bits per heavy atom. The number of aromatic nitrogens is 2. The lowest BCUT2D eigenvalue weighted by Gasteiger charge is -2.21. The second-order valence-electron chi connectivity index (χ2n) is 6.18. The third kappa shape index (κ3) is 4.07. The van der Waals surface area contributed by atoms with Gasteiger partial charge in [-0.25, -0.2) is 4.79 Å². The number of carbonyl (C=O) groups excluding carboxylic acids is 1. The molecule has 1 aromatic heterocycles. The van der Waals surface area contributed by atoms with Gasteiger partial charge in [0.05, 0.1) is 11.9 Å². The quantitative estimate of drug-likeness (QED) is 0.836. The fourth-order valence-electron chi connectivity index (χ4n) is 2.38. The van der Waals surface area contributed by atoms with Crippen LogP contribution in [0.15, 0.2) is 12.4 Å². The van der Waals surface area contributed by atoms with Crippen LogP contribution in [0.5, 0.6) is 0 Å². The van der Waals surface area contributed by atoms with Crippen molar-refractivity contribution < 1.29 is 19.4 Å². The molecule has 1 aliphatic heterocycles. The van der Waals surface area contributed by atoms with Crippen LogP contribution in [0, 0.1) is 5.92 Å². The van der Waals surface area contributed by atoms with Crippen LogP contribution in [0.1, 0.15) is 39.5 Å². The Labute approximate surface area is 129 Å². The molecule has 2 N–H and O–H groups in total. The molecule has 1 aromatic rings. The zero-order valence-electron chi connectivity index (χ0n) is 13.0. The minimum absolute atomic E-state index is 0.0702. The van der Waals surface area contributed by atoms with Crippen LogP contribution in [-0.4, -0.2) is 40.0 Å². The van der Waals surface area contributed by atoms with Crippen LogP contribution in [0.4, 0.5) is 5.69 Å². The molecule has 1 amide bonds. The van der Waals surface area contributed by atoms with Crippen molar-refractivity contribution in [1.82, 2.24) is 9.78 Å².